The van der Waals surface area contributed by atoms with Crippen molar-refractivity contribution in [1.82, 2.24) is 15.5 Å². The molecule has 0 bridgehead atoms. The summed E-state index contributed by atoms with van der Waals surface area (Å²) in [5.41, 5.74) is 1.29. The molecule has 0 aliphatic carbocycles. The first-order valence-corrected chi connectivity index (χ1v) is 11.3. The average molecular weight is 462 g/mol. The Labute approximate surface area is 186 Å². The van der Waals surface area contributed by atoms with Gasteiger partial charge < -0.3 is 19.4 Å². The van der Waals surface area contributed by atoms with Gasteiger partial charge in [-0.2, -0.15) is 0 Å². The highest BCUT2D eigenvalue weighted by Crippen LogP contribution is 2.47. The Morgan fingerprint density at radius 2 is 2.19 bits per heavy atom. The topological polar surface area (TPSA) is 101 Å². The van der Waals surface area contributed by atoms with Crippen LogP contribution in [0.2, 0.25) is 5.02 Å². The van der Waals surface area contributed by atoms with Crippen LogP contribution in [0.4, 0.5) is 4.79 Å². The van der Waals surface area contributed by atoms with Crippen LogP contribution in [-0.4, -0.2) is 42.0 Å². The van der Waals surface area contributed by atoms with E-state index in [-0.39, 0.29) is 23.3 Å². The molecule has 0 saturated carbocycles. The zero-order valence-corrected chi connectivity index (χ0v) is 18.2. The molecular weight excluding hydrogens is 442 g/mol. The van der Waals surface area contributed by atoms with Crippen LogP contribution in [0.25, 0.3) is 11.0 Å². The molecule has 31 heavy (non-hydrogen) atoms. The van der Waals surface area contributed by atoms with Crippen molar-refractivity contribution in [3.05, 3.63) is 55.7 Å². The predicted octanol–water partition coefficient (Wildman–Crippen LogP) is 2.97. The van der Waals surface area contributed by atoms with Crippen molar-refractivity contribution in [1.29, 1.82) is 0 Å². The molecule has 0 spiro atoms. The Bertz CT molecular complexity index is 1180. The smallest absolute Gasteiger partial charge is 0.410 e. The molecule has 3 unspecified atom stereocenters. The normalized spacial score (nSPS) is 25.3. The Kier molecular flexibility index (Phi) is 5.19. The third-order valence-corrected chi connectivity index (χ3v) is 7.32. The summed E-state index contributed by atoms with van der Waals surface area (Å²) in [6.45, 7) is 3.05. The van der Waals surface area contributed by atoms with Crippen LogP contribution in [0.15, 0.2) is 44.0 Å². The van der Waals surface area contributed by atoms with Crippen LogP contribution in [-0.2, 0) is 9.53 Å². The summed E-state index contributed by atoms with van der Waals surface area (Å²) >= 11 is 7.60. The van der Waals surface area contributed by atoms with Gasteiger partial charge in [-0.15, -0.1) is 11.8 Å². The minimum Gasteiger partial charge on any atom is -0.450 e. The zero-order valence-electron chi connectivity index (χ0n) is 16.6. The maximum atomic E-state index is 13.0. The summed E-state index contributed by atoms with van der Waals surface area (Å²) in [6, 6.07) is 6.71. The summed E-state index contributed by atoms with van der Waals surface area (Å²) in [5.74, 6) is -0.469. The number of rotatable bonds is 2. The van der Waals surface area contributed by atoms with Crippen LogP contribution in [0.5, 0.6) is 0 Å². The molecule has 2 N–H and O–H groups in total. The lowest BCUT2D eigenvalue weighted by Gasteiger charge is -2.34. The number of amides is 2. The zero-order chi connectivity index (χ0) is 21.7. The number of nitrogens with zero attached hydrogens (tertiary/aromatic N) is 1. The van der Waals surface area contributed by atoms with Gasteiger partial charge in [0, 0.05) is 21.9 Å². The van der Waals surface area contributed by atoms with Crippen molar-refractivity contribution >= 4 is 46.3 Å². The Balaban J connectivity index is 1.39. The summed E-state index contributed by atoms with van der Waals surface area (Å²) in [6.07, 6.45) is -0.394. The molecule has 4 heterocycles. The van der Waals surface area contributed by atoms with Gasteiger partial charge >= 0.3 is 11.7 Å². The number of halogens is 1. The Hall–Kier alpha value is -2.49. The quantitative estimate of drug-likeness (QED) is 0.663. The second kappa shape index (κ2) is 7.89. The lowest BCUT2D eigenvalue weighted by molar-refractivity contribution is -0.127. The van der Waals surface area contributed by atoms with Gasteiger partial charge in [0.15, 0.2) is 0 Å². The van der Waals surface area contributed by atoms with Crippen LogP contribution in [0.3, 0.4) is 0 Å². The maximum absolute atomic E-state index is 13.0. The number of hydrogen-bond acceptors (Lipinski definition) is 7. The molecule has 10 heteroatoms. The molecule has 3 aliphatic heterocycles. The van der Waals surface area contributed by atoms with E-state index in [4.69, 9.17) is 20.8 Å². The highest BCUT2D eigenvalue weighted by atomic mass is 35.5. The summed E-state index contributed by atoms with van der Waals surface area (Å²) in [7, 11) is 0. The van der Waals surface area contributed by atoms with E-state index in [1.807, 2.05) is 0 Å². The molecule has 0 radical (unpaired) electrons. The standard InChI is InChI=1S/C21H20ClN3O5S/c1-2-29-21(28)25-6-5-12-15(9-25)31-19-16(12)18(26)23-17(24-19)13-8-10-7-11(22)3-4-14(10)30-20(13)27/h3-4,7-8,16-17,19,24H,2,5-6,9H2,1H3,(H,23,26). The number of thioether (sulfide) groups is 1. The largest absolute Gasteiger partial charge is 0.450 e. The van der Waals surface area contributed by atoms with E-state index < -0.39 is 11.8 Å². The first-order chi connectivity index (χ1) is 14.9. The van der Waals surface area contributed by atoms with Crippen LogP contribution < -0.4 is 16.3 Å². The van der Waals surface area contributed by atoms with Gasteiger partial charge in [-0.25, -0.2) is 9.59 Å². The molecule has 1 aromatic carbocycles. The van der Waals surface area contributed by atoms with Crippen molar-refractivity contribution in [2.75, 3.05) is 19.7 Å². The molecule has 1 aromatic heterocycles. The SMILES string of the molecule is CCOC(=O)N1CCC2=C(C1)SC1NC(c3cc4cc(Cl)ccc4oc3=O)NC(=O)C21. The molecule has 2 aromatic rings. The van der Waals surface area contributed by atoms with Crippen LogP contribution >= 0.6 is 23.4 Å². The third-order valence-electron chi connectivity index (χ3n) is 5.75. The number of fused-ring (bicyclic) bond motifs is 3. The Morgan fingerprint density at radius 1 is 1.35 bits per heavy atom. The van der Waals surface area contributed by atoms with Crippen LogP contribution in [0, 0.1) is 5.92 Å². The Morgan fingerprint density at radius 3 is 3.00 bits per heavy atom. The first-order valence-electron chi connectivity index (χ1n) is 10.0. The molecule has 3 atom stereocenters. The van der Waals surface area contributed by atoms with E-state index in [1.54, 1.807) is 36.1 Å². The van der Waals surface area contributed by atoms with E-state index in [2.05, 4.69) is 10.6 Å². The molecule has 1 saturated heterocycles. The minimum atomic E-state index is -0.677. The van der Waals surface area contributed by atoms with Crippen molar-refractivity contribution in [2.24, 2.45) is 5.92 Å². The van der Waals surface area contributed by atoms with Gasteiger partial charge in [0.1, 0.15) is 11.7 Å². The predicted molar refractivity (Wildman–Crippen MR) is 117 cm³/mol. The summed E-state index contributed by atoms with van der Waals surface area (Å²) in [4.78, 5) is 40.3. The van der Waals surface area contributed by atoms with Gasteiger partial charge in [0.25, 0.3) is 0 Å². The van der Waals surface area contributed by atoms with Gasteiger partial charge in [-0.1, -0.05) is 11.6 Å². The lowest BCUT2D eigenvalue weighted by atomic mass is 9.90. The first kappa shape index (κ1) is 20.4. The van der Waals surface area contributed by atoms with E-state index in [0.29, 0.717) is 47.7 Å². The fraction of sp³-hybridized carbons (Fsp3) is 0.381. The number of carbonyl (C=O) groups excluding carboxylic acids is 2. The van der Waals surface area contributed by atoms with Crippen molar-refractivity contribution in [3.63, 3.8) is 0 Å². The number of benzene rings is 1. The van der Waals surface area contributed by atoms with Gasteiger partial charge in [-0.05, 0) is 43.2 Å². The highest BCUT2D eigenvalue weighted by Gasteiger charge is 2.47. The second-order valence-electron chi connectivity index (χ2n) is 7.61. The second-order valence-corrected chi connectivity index (χ2v) is 9.29. The van der Waals surface area contributed by atoms with E-state index >= 15 is 0 Å². The third kappa shape index (κ3) is 3.60. The maximum Gasteiger partial charge on any atom is 0.410 e. The minimum absolute atomic E-state index is 0.138. The fourth-order valence-electron chi connectivity index (χ4n) is 4.31. The highest BCUT2D eigenvalue weighted by molar-refractivity contribution is 8.04. The van der Waals surface area contributed by atoms with Crippen LogP contribution in [0.1, 0.15) is 25.1 Å². The summed E-state index contributed by atoms with van der Waals surface area (Å²) in [5, 5.41) is 7.28. The number of carbonyl (C=O) groups is 2. The van der Waals surface area contributed by atoms with E-state index in [9.17, 15) is 14.4 Å². The molecule has 3 aliphatic rings. The van der Waals surface area contributed by atoms with Crippen molar-refractivity contribution in [3.8, 4) is 0 Å². The van der Waals surface area contributed by atoms with Crippen molar-refractivity contribution < 1.29 is 18.7 Å². The lowest BCUT2D eigenvalue weighted by Crippen LogP contribution is -2.55. The number of nitrogens with one attached hydrogen (secondary N) is 2. The molecule has 1 fully saturated rings. The van der Waals surface area contributed by atoms with E-state index in [1.165, 1.54) is 11.8 Å². The molecule has 162 valence electrons. The van der Waals surface area contributed by atoms with Crippen molar-refractivity contribution in [2.45, 2.75) is 24.9 Å². The monoisotopic (exact) mass is 461 g/mol. The molecule has 8 nitrogen and oxygen atoms in total. The van der Waals surface area contributed by atoms with Gasteiger partial charge in [-0.3, -0.25) is 10.1 Å². The summed E-state index contributed by atoms with van der Waals surface area (Å²) < 4.78 is 10.5. The number of ether oxygens (including phenoxy) is 1. The molecular formula is C21H20ClN3O5S. The number of hydrogen-bond donors (Lipinski definition) is 2. The van der Waals surface area contributed by atoms with E-state index in [0.717, 1.165) is 10.5 Å². The van der Waals surface area contributed by atoms with Gasteiger partial charge in [0.05, 0.1) is 30.0 Å². The fourth-order valence-corrected chi connectivity index (χ4v) is 6.03. The molecule has 2 amide bonds. The molecule has 5 rings (SSSR count). The van der Waals surface area contributed by atoms with Gasteiger partial charge in [0.2, 0.25) is 5.91 Å². The average Bonchev–Trinajstić information content (AvgIpc) is 3.11.